The number of imide groups is 1. The third-order valence-electron chi connectivity index (χ3n) is 5.26. The summed E-state index contributed by atoms with van der Waals surface area (Å²) in [7, 11) is 0. The van der Waals surface area contributed by atoms with Gasteiger partial charge in [0.25, 0.3) is 5.91 Å². The number of halogens is 3. The average molecular weight is 333 g/mol. The van der Waals surface area contributed by atoms with Crippen LogP contribution in [-0.4, -0.2) is 53.2 Å². The zero-order chi connectivity index (χ0) is 16.7. The molecule has 2 aliphatic heterocycles. The lowest BCUT2D eigenvalue weighted by atomic mass is 9.82. The minimum absolute atomic E-state index is 0.0427. The Balaban J connectivity index is 1.65. The van der Waals surface area contributed by atoms with Crippen molar-refractivity contribution in [2.75, 3.05) is 19.8 Å². The van der Waals surface area contributed by atoms with Crippen LogP contribution in [0.3, 0.4) is 0 Å². The van der Waals surface area contributed by atoms with Gasteiger partial charge < -0.3 is 5.32 Å². The zero-order valence-electron chi connectivity index (χ0n) is 13.0. The van der Waals surface area contributed by atoms with Gasteiger partial charge in [-0.25, -0.2) is 9.69 Å². The topological polar surface area (TPSA) is 52.7 Å². The van der Waals surface area contributed by atoms with Crippen molar-refractivity contribution >= 4 is 11.9 Å². The lowest BCUT2D eigenvalue weighted by Gasteiger charge is -2.35. The Morgan fingerprint density at radius 3 is 2.48 bits per heavy atom. The molecule has 1 unspecified atom stereocenters. The molecule has 23 heavy (non-hydrogen) atoms. The molecular formula is C15H22F3N3O2. The molecule has 1 saturated carbocycles. The van der Waals surface area contributed by atoms with Crippen molar-refractivity contribution in [3.63, 3.8) is 0 Å². The third kappa shape index (κ3) is 3.18. The number of nitrogens with zero attached hydrogens (tertiary/aromatic N) is 2. The summed E-state index contributed by atoms with van der Waals surface area (Å²) in [5.74, 6) is -1.64. The molecule has 3 aliphatic rings. The van der Waals surface area contributed by atoms with E-state index in [0.717, 1.165) is 24.2 Å². The van der Waals surface area contributed by atoms with E-state index in [1.54, 1.807) is 4.90 Å². The fourth-order valence-corrected chi connectivity index (χ4v) is 3.95. The summed E-state index contributed by atoms with van der Waals surface area (Å²) in [5, 5.41) is 2.79. The molecule has 1 atom stereocenters. The average Bonchev–Trinajstić information content (AvgIpc) is 2.72. The molecule has 0 bridgehead atoms. The number of amides is 3. The minimum atomic E-state index is -4.22. The van der Waals surface area contributed by atoms with E-state index in [0.29, 0.717) is 25.8 Å². The number of piperidine rings is 1. The van der Waals surface area contributed by atoms with Crippen molar-refractivity contribution in [3.8, 4) is 0 Å². The van der Waals surface area contributed by atoms with Crippen molar-refractivity contribution in [2.45, 2.75) is 56.7 Å². The maximum absolute atomic E-state index is 12.9. The number of carbonyl (C=O) groups excluding carboxylic acids is 2. The van der Waals surface area contributed by atoms with E-state index in [9.17, 15) is 22.8 Å². The predicted octanol–water partition coefficient (Wildman–Crippen LogP) is 2.47. The molecule has 0 radical (unpaired) electrons. The molecule has 5 nitrogen and oxygen atoms in total. The van der Waals surface area contributed by atoms with Crippen LogP contribution < -0.4 is 5.32 Å². The molecule has 0 aromatic heterocycles. The van der Waals surface area contributed by atoms with Gasteiger partial charge in [0.05, 0.1) is 12.6 Å². The van der Waals surface area contributed by atoms with Gasteiger partial charge in [-0.05, 0) is 32.2 Å². The first kappa shape index (κ1) is 16.5. The first-order valence-corrected chi connectivity index (χ1v) is 8.25. The van der Waals surface area contributed by atoms with Crippen molar-refractivity contribution in [1.82, 2.24) is 15.1 Å². The number of carbonyl (C=O) groups is 2. The summed E-state index contributed by atoms with van der Waals surface area (Å²) in [6.07, 6.45) is 0.395. The van der Waals surface area contributed by atoms with Crippen LogP contribution in [0, 0.1) is 5.92 Å². The third-order valence-corrected chi connectivity index (χ3v) is 5.26. The Morgan fingerprint density at radius 2 is 1.83 bits per heavy atom. The number of nitrogens with one attached hydrogen (secondary N) is 1. The second-order valence-electron chi connectivity index (χ2n) is 6.91. The Kier molecular flexibility index (Phi) is 4.29. The van der Waals surface area contributed by atoms with Crippen LogP contribution in [0.1, 0.15) is 44.9 Å². The Hall–Kier alpha value is -1.31. The molecule has 3 rings (SSSR count). The highest BCUT2D eigenvalue weighted by Gasteiger charge is 2.52. The normalized spacial score (nSPS) is 29.2. The highest BCUT2D eigenvalue weighted by Crippen LogP contribution is 2.35. The molecule has 2 heterocycles. The van der Waals surface area contributed by atoms with Gasteiger partial charge in [-0.1, -0.05) is 19.3 Å². The molecule has 1 spiro atoms. The first-order chi connectivity index (χ1) is 10.8. The number of hydrogen-bond acceptors (Lipinski definition) is 3. The second-order valence-corrected chi connectivity index (χ2v) is 6.91. The molecule has 3 amide bonds. The van der Waals surface area contributed by atoms with Crippen LogP contribution >= 0.6 is 0 Å². The highest BCUT2D eigenvalue weighted by molar-refractivity contribution is 6.07. The van der Waals surface area contributed by atoms with Crippen LogP contribution in [0.2, 0.25) is 0 Å². The lowest BCUT2D eigenvalue weighted by molar-refractivity contribution is -0.187. The first-order valence-electron chi connectivity index (χ1n) is 8.25. The summed E-state index contributed by atoms with van der Waals surface area (Å²) in [6, 6.07) is -0.467. The number of rotatable bonds is 2. The molecule has 1 N–H and O–H groups in total. The smallest absolute Gasteiger partial charge is 0.323 e. The molecule has 3 fully saturated rings. The molecule has 1 aliphatic carbocycles. The van der Waals surface area contributed by atoms with Crippen molar-refractivity contribution in [2.24, 2.45) is 5.92 Å². The standard InChI is InChI=1S/C15H22F3N3O2/c16-15(17,18)11-5-4-8-20(9-11)10-21-12(22)14(19-13(21)23)6-2-1-3-7-14/h11H,1-10H2,(H,19,23). The van der Waals surface area contributed by atoms with E-state index in [-0.39, 0.29) is 25.5 Å². The fraction of sp³-hybridized carbons (Fsp3) is 0.867. The molecule has 0 aromatic rings. The fourth-order valence-electron chi connectivity index (χ4n) is 3.95. The minimum Gasteiger partial charge on any atom is -0.323 e. The van der Waals surface area contributed by atoms with E-state index >= 15 is 0 Å². The van der Waals surface area contributed by atoms with Gasteiger partial charge in [0.2, 0.25) is 0 Å². The maximum atomic E-state index is 12.9. The van der Waals surface area contributed by atoms with Gasteiger partial charge in [-0.2, -0.15) is 13.2 Å². The lowest BCUT2D eigenvalue weighted by Crippen LogP contribution is -2.50. The summed E-state index contributed by atoms with van der Waals surface area (Å²) in [5.41, 5.74) is -0.811. The zero-order valence-corrected chi connectivity index (χ0v) is 13.0. The molecular weight excluding hydrogens is 311 g/mol. The van der Waals surface area contributed by atoms with Crippen LogP contribution in [0.15, 0.2) is 0 Å². The summed E-state index contributed by atoms with van der Waals surface area (Å²) >= 11 is 0. The van der Waals surface area contributed by atoms with E-state index in [4.69, 9.17) is 0 Å². The molecule has 130 valence electrons. The van der Waals surface area contributed by atoms with E-state index in [1.807, 2.05) is 0 Å². The predicted molar refractivity (Wildman–Crippen MR) is 76.4 cm³/mol. The van der Waals surface area contributed by atoms with Crippen LogP contribution in [-0.2, 0) is 4.79 Å². The van der Waals surface area contributed by atoms with Crippen LogP contribution in [0.4, 0.5) is 18.0 Å². The molecule has 8 heteroatoms. The van der Waals surface area contributed by atoms with Gasteiger partial charge in [-0.15, -0.1) is 0 Å². The monoisotopic (exact) mass is 333 g/mol. The van der Waals surface area contributed by atoms with Gasteiger partial charge in [-0.3, -0.25) is 9.69 Å². The number of hydrogen-bond donors (Lipinski definition) is 1. The summed E-state index contributed by atoms with van der Waals surface area (Å²) < 4.78 is 38.6. The summed E-state index contributed by atoms with van der Waals surface area (Å²) in [4.78, 5) is 27.5. The van der Waals surface area contributed by atoms with Gasteiger partial charge in [0.15, 0.2) is 0 Å². The molecule has 0 aromatic carbocycles. The Bertz CT molecular complexity index is 489. The van der Waals surface area contributed by atoms with Crippen LogP contribution in [0.5, 0.6) is 0 Å². The van der Waals surface area contributed by atoms with E-state index in [2.05, 4.69) is 5.32 Å². The van der Waals surface area contributed by atoms with E-state index < -0.39 is 23.7 Å². The van der Waals surface area contributed by atoms with Gasteiger partial charge in [0, 0.05) is 6.54 Å². The highest BCUT2D eigenvalue weighted by atomic mass is 19.4. The number of likely N-dealkylation sites (tertiary alicyclic amines) is 1. The molecule has 2 saturated heterocycles. The van der Waals surface area contributed by atoms with Crippen molar-refractivity contribution in [3.05, 3.63) is 0 Å². The second kappa shape index (κ2) is 5.96. The van der Waals surface area contributed by atoms with Crippen molar-refractivity contribution in [1.29, 1.82) is 0 Å². The quantitative estimate of drug-likeness (QED) is 0.790. The SMILES string of the molecule is O=C1NC2(CCCCC2)C(=O)N1CN1CCCC(C(F)(F)F)C1. The Morgan fingerprint density at radius 1 is 1.13 bits per heavy atom. The summed E-state index contributed by atoms with van der Waals surface area (Å²) in [6.45, 7) is 0.295. The largest absolute Gasteiger partial charge is 0.393 e. The van der Waals surface area contributed by atoms with Crippen molar-refractivity contribution < 1.29 is 22.8 Å². The Labute approximate surface area is 133 Å². The maximum Gasteiger partial charge on any atom is 0.393 e. The van der Waals surface area contributed by atoms with Gasteiger partial charge >= 0.3 is 12.2 Å². The van der Waals surface area contributed by atoms with Crippen LogP contribution in [0.25, 0.3) is 0 Å². The number of alkyl halides is 3. The number of urea groups is 1. The van der Waals surface area contributed by atoms with E-state index in [1.165, 1.54) is 0 Å². The van der Waals surface area contributed by atoms with Gasteiger partial charge in [0.1, 0.15) is 5.54 Å².